The molecule has 1 N–H and O–H groups in total. The highest BCUT2D eigenvalue weighted by atomic mass is 15.3. The number of aromatic nitrogens is 4. The molecule has 2 aromatic rings. The third-order valence-corrected chi connectivity index (χ3v) is 3.09. The molecule has 0 bridgehead atoms. The Hall–Kier alpha value is -1.62. The van der Waals surface area contributed by atoms with Gasteiger partial charge >= 0.3 is 0 Å². The van der Waals surface area contributed by atoms with Gasteiger partial charge in [-0.05, 0) is 26.5 Å². The van der Waals surface area contributed by atoms with E-state index in [0.29, 0.717) is 6.04 Å². The zero-order valence-electron chi connectivity index (χ0n) is 11.5. The zero-order chi connectivity index (χ0) is 13.1. The summed E-state index contributed by atoms with van der Waals surface area (Å²) in [7, 11) is 1.97. The van der Waals surface area contributed by atoms with Gasteiger partial charge in [-0.15, -0.1) is 0 Å². The minimum atomic E-state index is 0.344. The second-order valence-corrected chi connectivity index (χ2v) is 4.65. The van der Waals surface area contributed by atoms with Crippen LogP contribution in [0.2, 0.25) is 0 Å². The summed E-state index contributed by atoms with van der Waals surface area (Å²) in [5, 5.41) is 12.1. The Morgan fingerprint density at radius 1 is 1.44 bits per heavy atom. The van der Waals surface area contributed by atoms with Crippen LogP contribution in [0, 0.1) is 6.92 Å². The van der Waals surface area contributed by atoms with Crippen LogP contribution in [0.25, 0.3) is 0 Å². The van der Waals surface area contributed by atoms with Gasteiger partial charge in [0.1, 0.15) is 0 Å². The standard InChI is InChI=1S/C13H21N5/c1-5-14-11(3)12-7-15-18(8-12)9-13-6-10(2)16-17(13)4/h6-8,11,14H,5,9H2,1-4H3. The van der Waals surface area contributed by atoms with E-state index in [4.69, 9.17) is 0 Å². The topological polar surface area (TPSA) is 47.7 Å². The summed E-state index contributed by atoms with van der Waals surface area (Å²) < 4.78 is 3.87. The summed E-state index contributed by atoms with van der Waals surface area (Å²) >= 11 is 0. The van der Waals surface area contributed by atoms with Crippen molar-refractivity contribution < 1.29 is 0 Å². The number of nitrogens with zero attached hydrogens (tertiary/aromatic N) is 4. The van der Waals surface area contributed by atoms with Crippen molar-refractivity contribution in [2.45, 2.75) is 33.4 Å². The zero-order valence-corrected chi connectivity index (χ0v) is 11.5. The Kier molecular flexibility index (Phi) is 3.81. The van der Waals surface area contributed by atoms with Gasteiger partial charge in [-0.2, -0.15) is 10.2 Å². The summed E-state index contributed by atoms with van der Waals surface area (Å²) in [4.78, 5) is 0. The molecule has 1 unspecified atom stereocenters. The molecule has 98 valence electrons. The van der Waals surface area contributed by atoms with Gasteiger partial charge in [0.05, 0.1) is 24.1 Å². The number of hydrogen-bond donors (Lipinski definition) is 1. The second kappa shape index (κ2) is 5.35. The Balaban J connectivity index is 2.09. The van der Waals surface area contributed by atoms with Gasteiger partial charge in [0.2, 0.25) is 0 Å². The van der Waals surface area contributed by atoms with Crippen molar-refractivity contribution in [2.24, 2.45) is 7.05 Å². The molecule has 0 spiro atoms. The van der Waals surface area contributed by atoms with Crippen LogP contribution in [-0.2, 0) is 13.6 Å². The van der Waals surface area contributed by atoms with Crippen LogP contribution in [0.5, 0.6) is 0 Å². The highest BCUT2D eigenvalue weighted by molar-refractivity contribution is 5.12. The molecule has 2 aromatic heterocycles. The number of nitrogens with one attached hydrogen (secondary N) is 1. The molecular formula is C13H21N5. The number of rotatable bonds is 5. The number of aryl methyl sites for hydroxylation is 2. The molecule has 0 aliphatic rings. The molecule has 5 heteroatoms. The fourth-order valence-corrected chi connectivity index (χ4v) is 2.09. The van der Waals surface area contributed by atoms with E-state index in [1.54, 1.807) is 0 Å². The molecule has 5 nitrogen and oxygen atoms in total. The summed E-state index contributed by atoms with van der Waals surface area (Å²) in [6.45, 7) is 7.99. The van der Waals surface area contributed by atoms with Crippen molar-refractivity contribution in [3.8, 4) is 0 Å². The first-order valence-electron chi connectivity index (χ1n) is 6.35. The van der Waals surface area contributed by atoms with Gasteiger partial charge in [0, 0.05) is 24.8 Å². The van der Waals surface area contributed by atoms with E-state index in [2.05, 4.69) is 41.6 Å². The minimum Gasteiger partial charge on any atom is -0.310 e. The predicted molar refractivity (Wildman–Crippen MR) is 71.4 cm³/mol. The van der Waals surface area contributed by atoms with Crippen LogP contribution in [-0.4, -0.2) is 26.1 Å². The largest absolute Gasteiger partial charge is 0.310 e. The Labute approximate surface area is 108 Å². The lowest BCUT2D eigenvalue weighted by Crippen LogP contribution is -2.17. The van der Waals surface area contributed by atoms with Crippen molar-refractivity contribution in [3.63, 3.8) is 0 Å². The summed E-state index contributed by atoms with van der Waals surface area (Å²) in [5.41, 5.74) is 3.43. The molecule has 0 saturated heterocycles. The maximum Gasteiger partial charge on any atom is 0.0828 e. The highest BCUT2D eigenvalue weighted by Gasteiger charge is 2.08. The maximum atomic E-state index is 4.40. The van der Waals surface area contributed by atoms with Crippen LogP contribution in [0.15, 0.2) is 18.5 Å². The molecule has 0 radical (unpaired) electrons. The Morgan fingerprint density at radius 3 is 2.83 bits per heavy atom. The van der Waals surface area contributed by atoms with Crippen molar-refractivity contribution in [3.05, 3.63) is 35.4 Å². The SMILES string of the molecule is CCNC(C)c1cnn(Cc2cc(C)nn2C)c1. The number of hydrogen-bond acceptors (Lipinski definition) is 3. The summed E-state index contributed by atoms with van der Waals surface area (Å²) in [6, 6.07) is 2.44. The van der Waals surface area contributed by atoms with Gasteiger partial charge < -0.3 is 5.32 Å². The third kappa shape index (κ3) is 2.79. The van der Waals surface area contributed by atoms with Crippen LogP contribution in [0.1, 0.15) is 36.8 Å². The first-order chi connectivity index (χ1) is 8.60. The lowest BCUT2D eigenvalue weighted by atomic mass is 10.2. The van der Waals surface area contributed by atoms with Crippen molar-refractivity contribution in [1.29, 1.82) is 0 Å². The fourth-order valence-electron chi connectivity index (χ4n) is 2.09. The third-order valence-electron chi connectivity index (χ3n) is 3.09. The first kappa shape index (κ1) is 12.8. The molecule has 0 aliphatic heterocycles. The van der Waals surface area contributed by atoms with E-state index in [0.717, 1.165) is 18.8 Å². The smallest absolute Gasteiger partial charge is 0.0828 e. The molecule has 2 heterocycles. The van der Waals surface area contributed by atoms with E-state index in [9.17, 15) is 0 Å². The van der Waals surface area contributed by atoms with Crippen LogP contribution < -0.4 is 5.32 Å². The van der Waals surface area contributed by atoms with Crippen molar-refractivity contribution >= 4 is 0 Å². The van der Waals surface area contributed by atoms with Gasteiger partial charge in [-0.25, -0.2) is 0 Å². The van der Waals surface area contributed by atoms with E-state index in [1.807, 2.05) is 29.5 Å². The first-order valence-corrected chi connectivity index (χ1v) is 6.35. The van der Waals surface area contributed by atoms with Gasteiger partial charge in [-0.3, -0.25) is 9.36 Å². The molecule has 0 aromatic carbocycles. The van der Waals surface area contributed by atoms with Crippen LogP contribution >= 0.6 is 0 Å². The normalized spacial score (nSPS) is 12.9. The van der Waals surface area contributed by atoms with Gasteiger partial charge in [0.15, 0.2) is 0 Å². The fraction of sp³-hybridized carbons (Fsp3) is 0.538. The average Bonchev–Trinajstić information content (AvgIpc) is 2.88. The van der Waals surface area contributed by atoms with Crippen molar-refractivity contribution in [1.82, 2.24) is 24.9 Å². The second-order valence-electron chi connectivity index (χ2n) is 4.65. The lowest BCUT2D eigenvalue weighted by molar-refractivity contribution is 0.593. The maximum absolute atomic E-state index is 4.40. The molecule has 0 saturated carbocycles. The molecule has 2 rings (SSSR count). The van der Waals surface area contributed by atoms with Crippen LogP contribution in [0.4, 0.5) is 0 Å². The average molecular weight is 247 g/mol. The monoisotopic (exact) mass is 247 g/mol. The summed E-state index contributed by atoms with van der Waals surface area (Å²) in [6.07, 6.45) is 4.02. The van der Waals surface area contributed by atoms with Gasteiger partial charge in [-0.1, -0.05) is 6.92 Å². The van der Waals surface area contributed by atoms with E-state index in [-0.39, 0.29) is 0 Å². The van der Waals surface area contributed by atoms with E-state index in [1.165, 1.54) is 11.3 Å². The minimum absolute atomic E-state index is 0.344. The quantitative estimate of drug-likeness (QED) is 0.874. The van der Waals surface area contributed by atoms with E-state index < -0.39 is 0 Å². The Morgan fingerprint density at radius 2 is 2.22 bits per heavy atom. The van der Waals surface area contributed by atoms with Gasteiger partial charge in [0.25, 0.3) is 0 Å². The predicted octanol–water partition coefficient (Wildman–Crippen LogP) is 1.64. The van der Waals surface area contributed by atoms with E-state index >= 15 is 0 Å². The molecule has 0 fully saturated rings. The highest BCUT2D eigenvalue weighted by Crippen LogP contribution is 2.12. The molecule has 0 amide bonds. The molecule has 18 heavy (non-hydrogen) atoms. The molecular weight excluding hydrogens is 226 g/mol. The van der Waals surface area contributed by atoms with Crippen molar-refractivity contribution in [2.75, 3.05) is 6.54 Å². The van der Waals surface area contributed by atoms with Crippen LogP contribution in [0.3, 0.4) is 0 Å². The molecule has 0 aliphatic carbocycles. The summed E-state index contributed by atoms with van der Waals surface area (Å²) in [5.74, 6) is 0. The lowest BCUT2D eigenvalue weighted by Gasteiger charge is -2.08. The Bertz CT molecular complexity index is 511. The molecule has 1 atom stereocenters.